The largest absolute Gasteiger partial charge is 0.481 e. The van der Waals surface area contributed by atoms with Crippen LogP contribution in [0.1, 0.15) is 11.4 Å². The zero-order valence-electron chi connectivity index (χ0n) is 11.0. The number of rotatable bonds is 2. The van der Waals surface area contributed by atoms with Crippen molar-refractivity contribution in [1.29, 1.82) is 0 Å². The predicted octanol–water partition coefficient (Wildman–Crippen LogP) is 1.79. The number of halogens is 3. The van der Waals surface area contributed by atoms with E-state index in [1.165, 1.54) is 4.90 Å². The van der Waals surface area contributed by atoms with Crippen LogP contribution in [0.15, 0.2) is 6.07 Å². The minimum atomic E-state index is -4.54. The van der Waals surface area contributed by atoms with Gasteiger partial charge in [-0.05, 0) is 19.9 Å². The molecule has 1 aliphatic rings. The molecule has 0 unspecified atom stereocenters. The van der Waals surface area contributed by atoms with Gasteiger partial charge in [-0.1, -0.05) is 0 Å². The maximum absolute atomic E-state index is 12.9. The lowest BCUT2D eigenvalue weighted by Gasteiger charge is -2.18. The number of anilines is 1. The molecule has 1 aromatic heterocycles. The number of nitrogens with zero attached hydrogens (tertiary/aromatic N) is 3. The second-order valence-electron chi connectivity index (χ2n) is 4.95. The van der Waals surface area contributed by atoms with Crippen LogP contribution in [0.25, 0.3) is 0 Å². The molecule has 2 heterocycles. The molecule has 2 atom stereocenters. The predicted molar refractivity (Wildman–Crippen MR) is 64.4 cm³/mol. The van der Waals surface area contributed by atoms with E-state index in [-0.39, 0.29) is 12.5 Å². The first kappa shape index (κ1) is 14.5. The average molecular weight is 289 g/mol. The van der Waals surface area contributed by atoms with Crippen molar-refractivity contribution in [1.82, 2.24) is 9.97 Å². The summed E-state index contributed by atoms with van der Waals surface area (Å²) in [6.07, 6.45) is -4.54. The average Bonchev–Trinajstić information content (AvgIpc) is 2.71. The van der Waals surface area contributed by atoms with E-state index in [1.54, 1.807) is 19.9 Å². The molecule has 110 valence electrons. The molecule has 1 saturated heterocycles. The Morgan fingerprint density at radius 3 is 2.25 bits per heavy atom. The molecule has 5 nitrogen and oxygen atoms in total. The van der Waals surface area contributed by atoms with Gasteiger partial charge >= 0.3 is 12.1 Å². The van der Waals surface area contributed by atoms with Crippen LogP contribution < -0.4 is 4.90 Å². The van der Waals surface area contributed by atoms with Crippen LogP contribution in [0.3, 0.4) is 0 Å². The number of hydrogen-bond acceptors (Lipinski definition) is 4. The standard InChI is InChI=1S/C12H14F3N3O2/c1-6-3-7(2)17-11(16-6)18-4-8(10(19)20)9(5-18)12(13,14)15/h3,8-9H,4-5H2,1-2H3,(H,19,20)/t8-,9+/m1/s1. The van der Waals surface area contributed by atoms with Gasteiger partial charge in [-0.15, -0.1) is 0 Å². The molecule has 0 spiro atoms. The van der Waals surface area contributed by atoms with Crippen molar-refractivity contribution in [3.05, 3.63) is 17.5 Å². The molecule has 0 aromatic carbocycles. The minimum Gasteiger partial charge on any atom is -0.481 e. The Labute approximate surface area is 113 Å². The molecule has 8 heteroatoms. The number of alkyl halides is 3. The van der Waals surface area contributed by atoms with E-state index < -0.39 is 30.5 Å². The second kappa shape index (κ2) is 4.92. The zero-order valence-corrected chi connectivity index (χ0v) is 11.0. The van der Waals surface area contributed by atoms with Crippen molar-refractivity contribution in [2.45, 2.75) is 20.0 Å². The van der Waals surface area contributed by atoms with Gasteiger partial charge in [0.1, 0.15) is 0 Å². The topological polar surface area (TPSA) is 66.3 Å². The highest BCUT2D eigenvalue weighted by Gasteiger charge is 2.53. The summed E-state index contributed by atoms with van der Waals surface area (Å²) in [7, 11) is 0. The maximum atomic E-state index is 12.9. The highest BCUT2D eigenvalue weighted by atomic mass is 19.4. The normalized spacial score (nSPS) is 23.1. The summed E-state index contributed by atoms with van der Waals surface area (Å²) < 4.78 is 38.7. The molecule has 20 heavy (non-hydrogen) atoms. The van der Waals surface area contributed by atoms with E-state index in [0.29, 0.717) is 11.4 Å². The molecular formula is C12H14F3N3O2. The van der Waals surface area contributed by atoms with Crippen LogP contribution in [0.5, 0.6) is 0 Å². The van der Waals surface area contributed by atoms with E-state index in [2.05, 4.69) is 9.97 Å². The third-order valence-corrected chi connectivity index (χ3v) is 3.31. The van der Waals surface area contributed by atoms with Gasteiger partial charge in [0.25, 0.3) is 0 Å². The van der Waals surface area contributed by atoms with Gasteiger partial charge in [0.05, 0.1) is 11.8 Å². The summed E-state index contributed by atoms with van der Waals surface area (Å²) in [6, 6.07) is 1.70. The zero-order chi connectivity index (χ0) is 15.1. The van der Waals surface area contributed by atoms with E-state index in [4.69, 9.17) is 5.11 Å². The number of carboxylic acid groups (broad SMARTS) is 1. The molecule has 0 radical (unpaired) electrons. The van der Waals surface area contributed by atoms with E-state index in [0.717, 1.165) is 0 Å². The fraction of sp³-hybridized carbons (Fsp3) is 0.583. The minimum absolute atomic E-state index is 0.153. The lowest BCUT2D eigenvalue weighted by molar-refractivity contribution is -0.187. The summed E-state index contributed by atoms with van der Waals surface area (Å²) in [5, 5.41) is 8.95. The van der Waals surface area contributed by atoms with Crippen molar-refractivity contribution in [3.63, 3.8) is 0 Å². The Morgan fingerprint density at radius 1 is 1.30 bits per heavy atom. The lowest BCUT2D eigenvalue weighted by atomic mass is 9.96. The van der Waals surface area contributed by atoms with Crippen molar-refractivity contribution in [2.75, 3.05) is 18.0 Å². The van der Waals surface area contributed by atoms with Crippen molar-refractivity contribution < 1.29 is 23.1 Å². The van der Waals surface area contributed by atoms with Gasteiger partial charge in [0.2, 0.25) is 5.95 Å². The molecule has 1 aliphatic heterocycles. The molecular weight excluding hydrogens is 275 g/mol. The Bertz CT molecular complexity index is 513. The number of aliphatic carboxylic acids is 1. The van der Waals surface area contributed by atoms with Crippen LogP contribution in [-0.2, 0) is 4.79 Å². The Kier molecular flexibility index (Phi) is 3.58. The van der Waals surface area contributed by atoms with Gasteiger partial charge in [-0.3, -0.25) is 4.79 Å². The van der Waals surface area contributed by atoms with E-state index >= 15 is 0 Å². The molecule has 2 rings (SSSR count). The van der Waals surface area contributed by atoms with Crippen molar-refractivity contribution in [2.24, 2.45) is 11.8 Å². The second-order valence-corrected chi connectivity index (χ2v) is 4.95. The highest BCUT2D eigenvalue weighted by Crippen LogP contribution is 2.38. The first-order valence-electron chi connectivity index (χ1n) is 6.05. The SMILES string of the molecule is Cc1cc(C)nc(N2C[C@@H](C(=O)O)[C@@H](C(F)(F)F)C2)n1. The molecule has 0 amide bonds. The summed E-state index contributed by atoms with van der Waals surface area (Å²) >= 11 is 0. The molecule has 1 N–H and O–H groups in total. The third kappa shape index (κ3) is 2.83. The molecule has 0 bridgehead atoms. The van der Waals surface area contributed by atoms with Crippen LogP contribution in [0.4, 0.5) is 19.1 Å². The lowest BCUT2D eigenvalue weighted by Crippen LogP contribution is -2.33. The Balaban J connectivity index is 2.30. The van der Waals surface area contributed by atoms with Gasteiger partial charge in [-0.25, -0.2) is 9.97 Å². The Hall–Kier alpha value is -1.86. The van der Waals surface area contributed by atoms with Crippen LogP contribution in [0.2, 0.25) is 0 Å². The van der Waals surface area contributed by atoms with E-state index in [1.807, 2.05) is 0 Å². The van der Waals surface area contributed by atoms with Crippen LogP contribution in [-0.4, -0.2) is 40.3 Å². The van der Waals surface area contributed by atoms with Crippen LogP contribution in [0, 0.1) is 25.7 Å². The number of aromatic nitrogens is 2. The summed E-state index contributed by atoms with van der Waals surface area (Å²) in [6.45, 7) is 2.76. The fourth-order valence-corrected chi connectivity index (χ4v) is 2.40. The number of hydrogen-bond donors (Lipinski definition) is 1. The summed E-state index contributed by atoms with van der Waals surface area (Å²) in [4.78, 5) is 20.5. The third-order valence-electron chi connectivity index (χ3n) is 3.31. The number of carboxylic acids is 1. The highest BCUT2D eigenvalue weighted by molar-refractivity contribution is 5.72. The number of carbonyl (C=O) groups is 1. The quantitative estimate of drug-likeness (QED) is 0.899. The van der Waals surface area contributed by atoms with Crippen LogP contribution >= 0.6 is 0 Å². The smallest absolute Gasteiger partial charge is 0.394 e. The maximum Gasteiger partial charge on any atom is 0.394 e. The first-order chi connectivity index (χ1) is 9.18. The van der Waals surface area contributed by atoms with Crippen molar-refractivity contribution >= 4 is 11.9 Å². The van der Waals surface area contributed by atoms with Gasteiger partial charge in [-0.2, -0.15) is 13.2 Å². The van der Waals surface area contributed by atoms with Gasteiger partial charge < -0.3 is 10.0 Å². The monoisotopic (exact) mass is 289 g/mol. The molecule has 0 aliphatic carbocycles. The van der Waals surface area contributed by atoms with E-state index in [9.17, 15) is 18.0 Å². The van der Waals surface area contributed by atoms with Crippen molar-refractivity contribution in [3.8, 4) is 0 Å². The summed E-state index contributed by atoms with van der Waals surface area (Å²) in [5.74, 6) is -4.68. The van der Waals surface area contributed by atoms with Gasteiger partial charge in [0.15, 0.2) is 0 Å². The first-order valence-corrected chi connectivity index (χ1v) is 6.05. The number of aryl methyl sites for hydroxylation is 2. The molecule has 0 saturated carbocycles. The Morgan fingerprint density at radius 2 is 1.85 bits per heavy atom. The van der Waals surface area contributed by atoms with Gasteiger partial charge in [0, 0.05) is 24.5 Å². The fourth-order valence-electron chi connectivity index (χ4n) is 2.40. The molecule has 1 fully saturated rings. The molecule has 1 aromatic rings. The summed E-state index contributed by atoms with van der Waals surface area (Å²) in [5.41, 5.74) is 1.27.